The van der Waals surface area contributed by atoms with E-state index in [0.717, 1.165) is 24.0 Å². The number of esters is 1. The molecule has 1 aromatic heterocycles. The molecule has 11 heteroatoms. The molecule has 3 amide bonds. The molecule has 0 spiro atoms. The maximum Gasteiger partial charge on any atom is 0.407 e. The Morgan fingerprint density at radius 3 is 2.54 bits per heavy atom. The van der Waals surface area contributed by atoms with Gasteiger partial charge in [0.25, 0.3) is 0 Å². The van der Waals surface area contributed by atoms with E-state index in [-0.39, 0.29) is 24.2 Å². The van der Waals surface area contributed by atoms with Gasteiger partial charge in [0.15, 0.2) is 11.5 Å². The minimum atomic E-state index is -0.601. The molecule has 0 bridgehead atoms. The van der Waals surface area contributed by atoms with Gasteiger partial charge in [-0.2, -0.15) is 4.98 Å². The standard InChI is InChI=1S/C30H44N6O5/c1-7-40-26(37)24-25(33-27(38)31-17-15-22-12-9-8-10-13-22)34-28(36(24)19-16-21(2)3)35-18-11-14-23(20-35)32-29(39)41-30(4,5)6/h8-10,12-13,16,23H,7,11,14-15,17-20H2,1-6H3,(H,32,39)(H2,31,33,38). The molecule has 1 atom stereocenters. The van der Waals surface area contributed by atoms with Gasteiger partial charge < -0.3 is 25.0 Å². The van der Waals surface area contributed by atoms with Gasteiger partial charge in [-0.3, -0.25) is 9.88 Å². The van der Waals surface area contributed by atoms with Gasteiger partial charge in [0.1, 0.15) is 5.60 Å². The van der Waals surface area contributed by atoms with Crippen LogP contribution < -0.4 is 20.9 Å². The van der Waals surface area contributed by atoms with Gasteiger partial charge in [0.05, 0.1) is 6.61 Å². The normalized spacial score (nSPS) is 15.1. The third-order valence-electron chi connectivity index (χ3n) is 6.30. The number of alkyl carbamates (subject to hydrolysis) is 1. The van der Waals surface area contributed by atoms with Crippen LogP contribution in [-0.4, -0.2) is 65.5 Å². The van der Waals surface area contributed by atoms with Gasteiger partial charge >= 0.3 is 18.1 Å². The molecule has 1 fully saturated rings. The zero-order valence-electron chi connectivity index (χ0n) is 25.1. The number of benzene rings is 1. The van der Waals surface area contributed by atoms with Crippen LogP contribution in [0, 0.1) is 0 Å². The van der Waals surface area contributed by atoms with Crippen molar-refractivity contribution >= 4 is 29.9 Å². The number of allylic oxidation sites excluding steroid dienone is 2. The molecule has 0 radical (unpaired) electrons. The number of aromatic nitrogens is 2. The Morgan fingerprint density at radius 1 is 1.15 bits per heavy atom. The van der Waals surface area contributed by atoms with Crippen LogP contribution in [0.4, 0.5) is 21.4 Å². The number of imidazole rings is 1. The van der Waals surface area contributed by atoms with Crippen LogP contribution in [0.5, 0.6) is 0 Å². The van der Waals surface area contributed by atoms with Gasteiger partial charge in [-0.1, -0.05) is 42.0 Å². The molecule has 0 aliphatic carbocycles. The van der Waals surface area contributed by atoms with Crippen LogP contribution in [0.1, 0.15) is 70.4 Å². The Kier molecular flexibility index (Phi) is 11.2. The topological polar surface area (TPSA) is 127 Å². The molecule has 1 aliphatic rings. The highest BCUT2D eigenvalue weighted by molar-refractivity contribution is 5.99. The van der Waals surface area contributed by atoms with Crippen molar-refractivity contribution in [3.8, 4) is 0 Å². The van der Waals surface area contributed by atoms with Crippen molar-refractivity contribution in [3.63, 3.8) is 0 Å². The van der Waals surface area contributed by atoms with Crippen LogP contribution in [0.3, 0.4) is 0 Å². The zero-order chi connectivity index (χ0) is 30.0. The molecular formula is C30H44N6O5. The van der Waals surface area contributed by atoms with Crippen molar-refractivity contribution in [2.75, 3.05) is 36.5 Å². The minimum absolute atomic E-state index is 0.125. The Hall–Kier alpha value is -4.02. The second kappa shape index (κ2) is 14.6. The summed E-state index contributed by atoms with van der Waals surface area (Å²) < 4.78 is 12.6. The van der Waals surface area contributed by atoms with E-state index in [1.165, 1.54) is 0 Å². The van der Waals surface area contributed by atoms with Gasteiger partial charge in [0, 0.05) is 32.2 Å². The summed E-state index contributed by atoms with van der Waals surface area (Å²) in [5.41, 5.74) is 1.74. The fourth-order valence-corrected chi connectivity index (χ4v) is 4.49. The molecular weight excluding hydrogens is 524 g/mol. The Bertz CT molecular complexity index is 1210. The number of nitrogens with zero attached hydrogens (tertiary/aromatic N) is 3. The molecule has 2 heterocycles. The van der Waals surface area contributed by atoms with E-state index in [1.54, 1.807) is 11.5 Å². The zero-order valence-corrected chi connectivity index (χ0v) is 25.1. The average molecular weight is 569 g/mol. The highest BCUT2D eigenvalue weighted by atomic mass is 16.6. The molecule has 1 aliphatic heterocycles. The minimum Gasteiger partial charge on any atom is -0.461 e. The molecule has 1 aromatic carbocycles. The SMILES string of the molecule is CCOC(=O)c1c(NC(=O)NCCc2ccccc2)nc(N2CCCC(NC(=O)OC(C)(C)C)C2)n1CC=C(C)C. The smallest absolute Gasteiger partial charge is 0.407 e. The first-order chi connectivity index (χ1) is 19.5. The quantitative estimate of drug-likeness (QED) is 0.275. The van der Waals surface area contributed by atoms with E-state index in [4.69, 9.17) is 14.5 Å². The van der Waals surface area contributed by atoms with Crippen molar-refractivity contribution < 1.29 is 23.9 Å². The summed E-state index contributed by atoms with van der Waals surface area (Å²) in [6.07, 6.45) is 3.76. The lowest BCUT2D eigenvalue weighted by Gasteiger charge is -2.34. The second-order valence-corrected chi connectivity index (χ2v) is 11.3. The molecule has 41 heavy (non-hydrogen) atoms. The second-order valence-electron chi connectivity index (χ2n) is 11.3. The fraction of sp³-hybridized carbons (Fsp3) is 0.533. The summed E-state index contributed by atoms with van der Waals surface area (Å²) >= 11 is 0. The van der Waals surface area contributed by atoms with Crippen LogP contribution in [-0.2, 0) is 22.4 Å². The number of ether oxygens (including phenoxy) is 2. The predicted octanol–water partition coefficient (Wildman–Crippen LogP) is 4.88. The van der Waals surface area contributed by atoms with E-state index in [9.17, 15) is 14.4 Å². The number of carbonyl (C=O) groups excluding carboxylic acids is 3. The summed E-state index contributed by atoms with van der Waals surface area (Å²) in [6, 6.07) is 9.22. The fourth-order valence-electron chi connectivity index (χ4n) is 4.49. The van der Waals surface area contributed by atoms with E-state index in [0.29, 0.717) is 38.5 Å². The number of nitrogens with one attached hydrogen (secondary N) is 3. The molecule has 2 aromatic rings. The Balaban J connectivity index is 1.85. The summed E-state index contributed by atoms with van der Waals surface area (Å²) in [5, 5.41) is 8.57. The molecule has 3 N–H and O–H groups in total. The first kappa shape index (κ1) is 31.5. The number of hydrogen-bond acceptors (Lipinski definition) is 7. The number of urea groups is 1. The summed E-state index contributed by atoms with van der Waals surface area (Å²) in [5.74, 6) is 0.0642. The van der Waals surface area contributed by atoms with Gasteiger partial charge in [-0.15, -0.1) is 0 Å². The number of rotatable bonds is 10. The third-order valence-corrected chi connectivity index (χ3v) is 6.30. The monoisotopic (exact) mass is 568 g/mol. The lowest BCUT2D eigenvalue weighted by molar-refractivity contribution is 0.0495. The predicted molar refractivity (Wildman–Crippen MR) is 159 cm³/mol. The number of piperidine rings is 1. The molecule has 3 rings (SSSR count). The Labute approximate surface area is 242 Å². The molecule has 0 saturated carbocycles. The van der Waals surface area contributed by atoms with E-state index in [1.807, 2.05) is 75.9 Å². The summed E-state index contributed by atoms with van der Waals surface area (Å²) in [4.78, 5) is 45.3. The largest absolute Gasteiger partial charge is 0.461 e. The summed E-state index contributed by atoms with van der Waals surface area (Å²) in [7, 11) is 0. The first-order valence-electron chi connectivity index (χ1n) is 14.2. The number of anilines is 2. The van der Waals surface area contributed by atoms with Crippen LogP contribution in [0.25, 0.3) is 0 Å². The number of amides is 3. The Morgan fingerprint density at radius 2 is 1.88 bits per heavy atom. The van der Waals surface area contributed by atoms with Crippen molar-refractivity contribution in [1.82, 2.24) is 20.2 Å². The lowest BCUT2D eigenvalue weighted by atomic mass is 10.1. The van der Waals surface area contributed by atoms with Crippen LogP contribution >= 0.6 is 0 Å². The molecule has 1 unspecified atom stereocenters. The van der Waals surface area contributed by atoms with Crippen molar-refractivity contribution in [3.05, 3.63) is 53.2 Å². The van der Waals surface area contributed by atoms with Crippen molar-refractivity contribution in [2.24, 2.45) is 0 Å². The molecule has 224 valence electrons. The lowest BCUT2D eigenvalue weighted by Crippen LogP contribution is -2.49. The molecule has 11 nitrogen and oxygen atoms in total. The van der Waals surface area contributed by atoms with Crippen LogP contribution in [0.15, 0.2) is 42.0 Å². The van der Waals surface area contributed by atoms with E-state index in [2.05, 4.69) is 16.0 Å². The maximum atomic E-state index is 13.2. The number of carbonyl (C=O) groups is 3. The molecule has 1 saturated heterocycles. The van der Waals surface area contributed by atoms with Crippen molar-refractivity contribution in [2.45, 2.75) is 79.0 Å². The summed E-state index contributed by atoms with van der Waals surface area (Å²) in [6.45, 7) is 13.2. The maximum absolute atomic E-state index is 13.2. The average Bonchev–Trinajstić information content (AvgIpc) is 3.25. The highest BCUT2D eigenvalue weighted by Gasteiger charge is 2.31. The van der Waals surface area contributed by atoms with Gasteiger partial charge in [0.2, 0.25) is 5.95 Å². The van der Waals surface area contributed by atoms with Gasteiger partial charge in [-0.05, 0) is 66.4 Å². The van der Waals surface area contributed by atoms with Gasteiger partial charge in [-0.25, -0.2) is 14.4 Å². The van der Waals surface area contributed by atoms with Crippen molar-refractivity contribution in [1.29, 1.82) is 0 Å². The van der Waals surface area contributed by atoms with E-state index >= 15 is 0 Å². The first-order valence-corrected chi connectivity index (χ1v) is 14.2. The number of hydrogen-bond donors (Lipinski definition) is 3. The third kappa shape index (κ3) is 9.84. The van der Waals surface area contributed by atoms with E-state index < -0.39 is 23.7 Å². The van der Waals surface area contributed by atoms with Crippen LogP contribution in [0.2, 0.25) is 0 Å². The highest BCUT2D eigenvalue weighted by Crippen LogP contribution is 2.28.